The molecule has 0 unspecified atom stereocenters. The number of aryl methyl sites for hydroxylation is 2. The maximum Gasteiger partial charge on any atom is 0.268 e. The zero-order valence-electron chi connectivity index (χ0n) is 20.3. The van der Waals surface area contributed by atoms with Gasteiger partial charge in [-0.2, -0.15) is 0 Å². The highest BCUT2D eigenvalue weighted by molar-refractivity contribution is 7.92. The van der Waals surface area contributed by atoms with Crippen LogP contribution in [0.5, 0.6) is 11.5 Å². The summed E-state index contributed by atoms with van der Waals surface area (Å²) in [7, 11) is -2.00. The van der Waals surface area contributed by atoms with Gasteiger partial charge < -0.3 is 9.30 Å². The third kappa shape index (κ3) is 5.04. The maximum absolute atomic E-state index is 14.5. The number of halogens is 2. The van der Waals surface area contributed by atoms with Crippen LogP contribution in [-0.2, 0) is 17.1 Å². The number of aromatic nitrogens is 3. The molecule has 0 bridgehead atoms. The van der Waals surface area contributed by atoms with E-state index in [-0.39, 0.29) is 28.5 Å². The van der Waals surface area contributed by atoms with E-state index in [0.717, 1.165) is 16.0 Å². The van der Waals surface area contributed by atoms with Gasteiger partial charge in [-0.1, -0.05) is 11.3 Å². The summed E-state index contributed by atoms with van der Waals surface area (Å²) >= 11 is 2.66. The van der Waals surface area contributed by atoms with Crippen molar-refractivity contribution in [1.82, 2.24) is 14.8 Å². The Labute approximate surface area is 224 Å². The molecule has 0 amide bonds. The van der Waals surface area contributed by atoms with Gasteiger partial charge in [0, 0.05) is 41.5 Å². The van der Waals surface area contributed by atoms with Gasteiger partial charge >= 0.3 is 0 Å². The topological polar surface area (TPSA) is 103 Å². The first kappa shape index (κ1) is 25.9. The fraction of sp³-hybridized carbons (Fsp3) is 0.160. The first-order chi connectivity index (χ1) is 18.0. The second kappa shape index (κ2) is 9.89. The van der Waals surface area contributed by atoms with Gasteiger partial charge in [-0.05, 0) is 50.2 Å². The SMILES string of the molecule is CCS(=O)(=O)Nc1ccc(Oc2ccc(F)cc2F)c(-c2cn(C)c(=O)c3sc(-c4nnc(C)s4)cc23)c1. The first-order valence-corrected chi connectivity index (χ1v) is 14.5. The Morgan fingerprint density at radius 3 is 2.47 bits per heavy atom. The number of fused-ring (bicyclic) bond motifs is 1. The summed E-state index contributed by atoms with van der Waals surface area (Å²) in [6, 6.07) is 9.29. The van der Waals surface area contributed by atoms with Crippen LogP contribution in [0.4, 0.5) is 14.5 Å². The van der Waals surface area contributed by atoms with Crippen LogP contribution in [0.15, 0.2) is 53.5 Å². The molecule has 0 saturated heterocycles. The second-order valence-corrected chi connectivity index (χ2v) is 12.6. The highest BCUT2D eigenvalue weighted by Gasteiger charge is 2.20. The normalized spacial score (nSPS) is 11.7. The number of hydrogen-bond donors (Lipinski definition) is 1. The quantitative estimate of drug-likeness (QED) is 0.259. The molecule has 13 heteroatoms. The third-order valence-corrected chi connectivity index (χ3v) is 9.07. The largest absolute Gasteiger partial charge is 0.454 e. The number of hydrogen-bond acceptors (Lipinski definition) is 8. The summed E-state index contributed by atoms with van der Waals surface area (Å²) in [5.74, 6) is -1.83. The minimum Gasteiger partial charge on any atom is -0.454 e. The fourth-order valence-electron chi connectivity index (χ4n) is 3.77. The lowest BCUT2D eigenvalue weighted by molar-refractivity contribution is 0.439. The van der Waals surface area contributed by atoms with Crippen molar-refractivity contribution in [2.24, 2.45) is 7.05 Å². The zero-order chi connectivity index (χ0) is 27.2. The third-order valence-electron chi connectivity index (χ3n) is 5.63. The lowest BCUT2D eigenvalue weighted by Gasteiger charge is -2.16. The molecule has 0 radical (unpaired) electrons. The highest BCUT2D eigenvalue weighted by atomic mass is 32.2. The van der Waals surface area contributed by atoms with Gasteiger partial charge in [0.15, 0.2) is 16.6 Å². The lowest BCUT2D eigenvalue weighted by Crippen LogP contribution is -2.16. The molecule has 5 aromatic rings. The molecular formula is C25H20F2N4O4S3. The summed E-state index contributed by atoms with van der Waals surface area (Å²) in [6.45, 7) is 3.34. The second-order valence-electron chi connectivity index (χ2n) is 8.33. The van der Waals surface area contributed by atoms with E-state index < -0.39 is 21.7 Å². The van der Waals surface area contributed by atoms with Crippen molar-refractivity contribution in [2.75, 3.05) is 10.5 Å². The maximum atomic E-state index is 14.5. The van der Waals surface area contributed by atoms with Gasteiger partial charge in [0.1, 0.15) is 21.3 Å². The Hall–Kier alpha value is -3.68. The van der Waals surface area contributed by atoms with Crippen LogP contribution in [0.3, 0.4) is 0 Å². The van der Waals surface area contributed by atoms with Crippen LogP contribution in [0, 0.1) is 18.6 Å². The number of nitrogens with one attached hydrogen (secondary N) is 1. The summed E-state index contributed by atoms with van der Waals surface area (Å²) < 4.78 is 62.7. The van der Waals surface area contributed by atoms with E-state index in [2.05, 4.69) is 14.9 Å². The van der Waals surface area contributed by atoms with Crippen molar-refractivity contribution >= 4 is 48.5 Å². The molecule has 0 aliphatic rings. The van der Waals surface area contributed by atoms with Crippen molar-refractivity contribution < 1.29 is 21.9 Å². The molecule has 1 N–H and O–H groups in total. The van der Waals surface area contributed by atoms with Crippen LogP contribution in [-0.4, -0.2) is 28.9 Å². The minimum absolute atomic E-state index is 0.138. The fourth-order valence-corrected chi connectivity index (χ4v) is 6.29. The van der Waals surface area contributed by atoms with E-state index in [1.54, 1.807) is 19.3 Å². The average Bonchev–Trinajstić information content (AvgIpc) is 3.51. The summed E-state index contributed by atoms with van der Waals surface area (Å²) in [6.07, 6.45) is 1.60. The molecule has 0 aliphatic carbocycles. The van der Waals surface area contributed by atoms with Gasteiger partial charge in [0.05, 0.1) is 10.6 Å². The molecule has 3 aromatic heterocycles. The number of thiophene rings is 1. The molecule has 0 fully saturated rings. The number of pyridine rings is 1. The number of anilines is 1. The molecule has 8 nitrogen and oxygen atoms in total. The van der Waals surface area contributed by atoms with Gasteiger partial charge in [-0.15, -0.1) is 21.5 Å². The Balaban J connectivity index is 1.74. The van der Waals surface area contributed by atoms with Crippen LogP contribution in [0.2, 0.25) is 0 Å². The summed E-state index contributed by atoms with van der Waals surface area (Å²) in [5.41, 5.74) is 0.964. The van der Waals surface area contributed by atoms with E-state index >= 15 is 0 Å². The predicted molar refractivity (Wildman–Crippen MR) is 146 cm³/mol. The predicted octanol–water partition coefficient (Wildman–Crippen LogP) is 5.93. The standard InChI is InChI=1S/C25H20F2N4O4S3/c1-4-38(33,34)30-15-6-8-20(35-21-7-5-14(26)9-19(21)27)16(10-15)18-12-31(3)25(32)23-17(18)11-22(37-23)24-29-28-13(2)36-24/h5-12,30H,4H2,1-3H3. The first-order valence-electron chi connectivity index (χ1n) is 11.3. The van der Waals surface area contributed by atoms with E-state index in [0.29, 0.717) is 32.3 Å². The number of ether oxygens (including phenoxy) is 1. The molecule has 3 heterocycles. The number of rotatable bonds is 7. The van der Waals surface area contributed by atoms with Gasteiger partial charge in [0.2, 0.25) is 10.0 Å². The minimum atomic E-state index is -3.60. The average molecular weight is 575 g/mol. The molecule has 0 spiro atoms. The Morgan fingerprint density at radius 2 is 1.79 bits per heavy atom. The van der Waals surface area contributed by atoms with Crippen LogP contribution < -0.4 is 15.0 Å². The molecule has 5 rings (SSSR count). The number of sulfonamides is 1. The molecule has 0 atom stereocenters. The van der Waals surface area contributed by atoms with Crippen LogP contribution in [0.25, 0.3) is 31.1 Å². The van der Waals surface area contributed by atoms with Gasteiger partial charge in [0.25, 0.3) is 5.56 Å². The summed E-state index contributed by atoms with van der Waals surface area (Å²) in [5, 5.41) is 10.3. The van der Waals surface area contributed by atoms with Gasteiger partial charge in [-0.25, -0.2) is 17.2 Å². The van der Waals surface area contributed by atoms with Crippen molar-refractivity contribution in [3.8, 4) is 32.5 Å². The Kier molecular flexibility index (Phi) is 6.75. The molecular weight excluding hydrogens is 554 g/mol. The molecule has 38 heavy (non-hydrogen) atoms. The number of nitrogens with zero attached hydrogens (tertiary/aromatic N) is 3. The van der Waals surface area contributed by atoms with E-state index in [1.807, 2.05) is 13.0 Å². The lowest BCUT2D eigenvalue weighted by atomic mass is 10.0. The highest BCUT2D eigenvalue weighted by Crippen LogP contribution is 2.42. The zero-order valence-corrected chi connectivity index (χ0v) is 22.7. The number of benzene rings is 2. The van der Waals surface area contributed by atoms with E-state index in [9.17, 15) is 22.0 Å². The van der Waals surface area contributed by atoms with Gasteiger partial charge in [-0.3, -0.25) is 9.52 Å². The smallest absolute Gasteiger partial charge is 0.268 e. The monoisotopic (exact) mass is 574 g/mol. The molecule has 2 aromatic carbocycles. The molecule has 196 valence electrons. The van der Waals surface area contributed by atoms with E-state index in [1.165, 1.54) is 52.4 Å². The van der Waals surface area contributed by atoms with E-state index in [4.69, 9.17) is 4.74 Å². The van der Waals surface area contributed by atoms with Crippen molar-refractivity contribution in [2.45, 2.75) is 13.8 Å². The van der Waals surface area contributed by atoms with Crippen LogP contribution in [0.1, 0.15) is 11.9 Å². The van der Waals surface area contributed by atoms with Crippen molar-refractivity contribution in [3.05, 3.63) is 75.7 Å². The van der Waals surface area contributed by atoms with Crippen LogP contribution >= 0.6 is 22.7 Å². The Morgan fingerprint density at radius 1 is 1.03 bits per heavy atom. The van der Waals surface area contributed by atoms with Crippen molar-refractivity contribution in [3.63, 3.8) is 0 Å². The molecule has 0 saturated carbocycles. The van der Waals surface area contributed by atoms with Crippen molar-refractivity contribution in [1.29, 1.82) is 0 Å². The summed E-state index contributed by atoms with van der Waals surface area (Å²) in [4.78, 5) is 13.8. The molecule has 0 aliphatic heterocycles. The Bertz CT molecular complexity index is 1860.